The predicted molar refractivity (Wildman–Crippen MR) is 76.2 cm³/mol. The second kappa shape index (κ2) is 5.01. The van der Waals surface area contributed by atoms with Crippen LogP contribution in [0.25, 0.3) is 11.1 Å². The zero-order valence-corrected chi connectivity index (χ0v) is 12.0. The summed E-state index contributed by atoms with van der Waals surface area (Å²) in [6, 6.07) is 8.50. The van der Waals surface area contributed by atoms with Gasteiger partial charge in [0.25, 0.3) is 0 Å². The Balaban J connectivity index is 2.60. The number of aryl methyl sites for hydroxylation is 1. The standard InChI is InChI=1S/C15H16BrN/c1-10(2)13-6-7-17-9-15(13)14-5-4-12(16)8-11(14)3/h4-10H,1-3H3. The van der Waals surface area contributed by atoms with Crippen molar-refractivity contribution in [3.8, 4) is 11.1 Å². The largest absolute Gasteiger partial charge is 0.264 e. The Labute approximate surface area is 111 Å². The van der Waals surface area contributed by atoms with Gasteiger partial charge in [0, 0.05) is 22.4 Å². The molecule has 0 saturated heterocycles. The monoisotopic (exact) mass is 289 g/mol. The van der Waals surface area contributed by atoms with E-state index in [1.54, 1.807) is 0 Å². The molecule has 0 saturated carbocycles. The predicted octanol–water partition coefficient (Wildman–Crippen LogP) is 4.94. The highest BCUT2D eigenvalue weighted by Gasteiger charge is 2.10. The Kier molecular flexibility index (Phi) is 3.63. The Morgan fingerprint density at radius 2 is 1.88 bits per heavy atom. The quantitative estimate of drug-likeness (QED) is 0.763. The lowest BCUT2D eigenvalue weighted by Crippen LogP contribution is -1.94. The highest BCUT2D eigenvalue weighted by atomic mass is 79.9. The highest BCUT2D eigenvalue weighted by molar-refractivity contribution is 9.10. The molecular weight excluding hydrogens is 274 g/mol. The van der Waals surface area contributed by atoms with E-state index in [2.05, 4.69) is 66.0 Å². The Hall–Kier alpha value is -1.15. The third kappa shape index (κ3) is 2.58. The SMILES string of the molecule is Cc1cc(Br)ccc1-c1cnccc1C(C)C. The van der Waals surface area contributed by atoms with Crippen molar-refractivity contribution in [2.75, 3.05) is 0 Å². The molecule has 2 rings (SSSR count). The van der Waals surface area contributed by atoms with Crippen LogP contribution in [-0.4, -0.2) is 4.98 Å². The average molecular weight is 290 g/mol. The number of nitrogens with zero attached hydrogens (tertiary/aromatic N) is 1. The van der Waals surface area contributed by atoms with Crippen LogP contribution in [0.4, 0.5) is 0 Å². The van der Waals surface area contributed by atoms with Gasteiger partial charge in [-0.2, -0.15) is 0 Å². The summed E-state index contributed by atoms with van der Waals surface area (Å²) in [7, 11) is 0. The molecule has 0 aliphatic rings. The van der Waals surface area contributed by atoms with Gasteiger partial charge in [-0.25, -0.2) is 0 Å². The van der Waals surface area contributed by atoms with Gasteiger partial charge in [0.1, 0.15) is 0 Å². The normalized spacial score (nSPS) is 10.9. The lowest BCUT2D eigenvalue weighted by atomic mass is 9.92. The maximum Gasteiger partial charge on any atom is 0.0349 e. The molecule has 0 spiro atoms. The molecule has 0 bridgehead atoms. The number of hydrogen-bond donors (Lipinski definition) is 0. The lowest BCUT2D eigenvalue weighted by molar-refractivity contribution is 0.865. The van der Waals surface area contributed by atoms with Crippen LogP contribution in [0.1, 0.15) is 30.9 Å². The number of aromatic nitrogens is 1. The van der Waals surface area contributed by atoms with E-state index in [1.165, 1.54) is 22.3 Å². The Bertz CT molecular complexity index is 532. The minimum absolute atomic E-state index is 0.510. The average Bonchev–Trinajstić information content (AvgIpc) is 2.29. The van der Waals surface area contributed by atoms with Crippen LogP contribution in [-0.2, 0) is 0 Å². The van der Waals surface area contributed by atoms with Gasteiger partial charge in [-0.3, -0.25) is 4.98 Å². The molecule has 88 valence electrons. The smallest absolute Gasteiger partial charge is 0.0349 e. The third-order valence-corrected chi connectivity index (χ3v) is 3.45. The van der Waals surface area contributed by atoms with Crippen molar-refractivity contribution in [3.63, 3.8) is 0 Å². The lowest BCUT2D eigenvalue weighted by Gasteiger charge is -2.14. The van der Waals surface area contributed by atoms with Crippen LogP contribution in [0.2, 0.25) is 0 Å². The van der Waals surface area contributed by atoms with Gasteiger partial charge < -0.3 is 0 Å². The molecule has 2 heteroatoms. The maximum atomic E-state index is 4.26. The van der Waals surface area contributed by atoms with Gasteiger partial charge >= 0.3 is 0 Å². The van der Waals surface area contributed by atoms with Crippen LogP contribution >= 0.6 is 15.9 Å². The van der Waals surface area contributed by atoms with Crippen molar-refractivity contribution in [3.05, 3.63) is 52.3 Å². The molecule has 0 radical (unpaired) electrons. The van der Waals surface area contributed by atoms with E-state index in [-0.39, 0.29) is 0 Å². The first kappa shape index (κ1) is 12.3. The van der Waals surface area contributed by atoms with E-state index >= 15 is 0 Å². The van der Waals surface area contributed by atoms with Crippen LogP contribution < -0.4 is 0 Å². The number of halogens is 1. The summed E-state index contributed by atoms with van der Waals surface area (Å²) in [5, 5.41) is 0. The van der Waals surface area contributed by atoms with Gasteiger partial charge in [-0.1, -0.05) is 35.8 Å². The van der Waals surface area contributed by atoms with Gasteiger partial charge in [0.2, 0.25) is 0 Å². The van der Waals surface area contributed by atoms with Crippen molar-refractivity contribution < 1.29 is 0 Å². The van der Waals surface area contributed by atoms with Crippen LogP contribution in [0.5, 0.6) is 0 Å². The number of rotatable bonds is 2. The molecule has 0 amide bonds. The first-order valence-electron chi connectivity index (χ1n) is 5.80. The first-order chi connectivity index (χ1) is 8.09. The number of benzene rings is 1. The van der Waals surface area contributed by atoms with Gasteiger partial charge in [0.05, 0.1) is 0 Å². The van der Waals surface area contributed by atoms with Crippen molar-refractivity contribution in [2.24, 2.45) is 0 Å². The summed E-state index contributed by atoms with van der Waals surface area (Å²) in [5.74, 6) is 0.510. The highest BCUT2D eigenvalue weighted by Crippen LogP contribution is 2.31. The fourth-order valence-corrected chi connectivity index (χ4v) is 2.54. The fraction of sp³-hybridized carbons (Fsp3) is 0.267. The van der Waals surface area contributed by atoms with Crippen LogP contribution in [0.3, 0.4) is 0 Å². The number of pyridine rings is 1. The van der Waals surface area contributed by atoms with E-state index in [9.17, 15) is 0 Å². The molecule has 0 atom stereocenters. The molecule has 1 aromatic carbocycles. The summed E-state index contributed by atoms with van der Waals surface area (Å²) in [6.07, 6.45) is 3.83. The van der Waals surface area contributed by atoms with Crippen molar-refractivity contribution in [2.45, 2.75) is 26.7 Å². The summed E-state index contributed by atoms with van der Waals surface area (Å²) < 4.78 is 1.12. The molecule has 0 N–H and O–H groups in total. The second-order valence-corrected chi connectivity index (χ2v) is 5.49. The van der Waals surface area contributed by atoms with Crippen LogP contribution in [0.15, 0.2) is 41.1 Å². The molecule has 17 heavy (non-hydrogen) atoms. The summed E-state index contributed by atoms with van der Waals surface area (Å²) in [6.45, 7) is 6.57. The Morgan fingerprint density at radius 1 is 1.12 bits per heavy atom. The fourth-order valence-electron chi connectivity index (χ4n) is 2.06. The van der Waals surface area contributed by atoms with E-state index in [0.717, 1.165) is 4.47 Å². The zero-order valence-electron chi connectivity index (χ0n) is 10.4. The molecule has 0 aliphatic heterocycles. The first-order valence-corrected chi connectivity index (χ1v) is 6.59. The van der Waals surface area contributed by atoms with E-state index in [1.807, 2.05) is 12.4 Å². The molecule has 1 nitrogen and oxygen atoms in total. The minimum atomic E-state index is 0.510. The molecular formula is C15H16BrN. The van der Waals surface area contributed by atoms with Gasteiger partial charge in [-0.15, -0.1) is 0 Å². The topological polar surface area (TPSA) is 12.9 Å². The molecule has 0 fully saturated rings. The molecule has 2 aromatic rings. The van der Waals surface area contributed by atoms with E-state index in [0.29, 0.717) is 5.92 Å². The minimum Gasteiger partial charge on any atom is -0.264 e. The summed E-state index contributed by atoms with van der Waals surface area (Å²) in [4.78, 5) is 4.26. The third-order valence-electron chi connectivity index (χ3n) is 2.96. The van der Waals surface area contributed by atoms with Crippen molar-refractivity contribution in [1.29, 1.82) is 0 Å². The van der Waals surface area contributed by atoms with Crippen molar-refractivity contribution in [1.82, 2.24) is 4.98 Å². The Morgan fingerprint density at radius 3 is 2.53 bits per heavy atom. The van der Waals surface area contributed by atoms with E-state index in [4.69, 9.17) is 0 Å². The van der Waals surface area contributed by atoms with E-state index < -0.39 is 0 Å². The zero-order chi connectivity index (χ0) is 12.4. The van der Waals surface area contributed by atoms with Crippen LogP contribution in [0, 0.1) is 6.92 Å². The molecule has 1 heterocycles. The second-order valence-electron chi connectivity index (χ2n) is 4.58. The van der Waals surface area contributed by atoms with Crippen molar-refractivity contribution >= 4 is 15.9 Å². The molecule has 0 unspecified atom stereocenters. The summed E-state index contributed by atoms with van der Waals surface area (Å²) >= 11 is 3.50. The number of hydrogen-bond acceptors (Lipinski definition) is 1. The maximum absolute atomic E-state index is 4.26. The van der Waals surface area contributed by atoms with Gasteiger partial charge in [-0.05, 0) is 47.7 Å². The molecule has 1 aromatic heterocycles. The summed E-state index contributed by atoms with van der Waals surface area (Å²) in [5.41, 5.74) is 5.14. The molecule has 0 aliphatic carbocycles. The van der Waals surface area contributed by atoms with Gasteiger partial charge in [0.15, 0.2) is 0 Å².